The number of carboxylic acids is 1. The van der Waals surface area contributed by atoms with Crippen molar-refractivity contribution >= 4 is 24.2 Å². The zero-order chi connectivity index (χ0) is 17.9. The number of benzene rings is 1. The number of phenols is 1. The van der Waals surface area contributed by atoms with Crippen LogP contribution in [0, 0.1) is 0 Å². The van der Waals surface area contributed by atoms with Crippen molar-refractivity contribution in [2.75, 3.05) is 19.6 Å². The first kappa shape index (κ1) is 17.3. The molecule has 1 saturated heterocycles. The fourth-order valence-corrected chi connectivity index (χ4v) is 2.51. The van der Waals surface area contributed by atoms with E-state index < -0.39 is 23.8 Å². The minimum absolute atomic E-state index is 0.0129. The molecule has 1 heterocycles. The molecular weight excluding hydrogens is 318 g/mol. The summed E-state index contributed by atoms with van der Waals surface area (Å²) < 4.78 is 0. The van der Waals surface area contributed by atoms with Gasteiger partial charge in [0.15, 0.2) is 6.04 Å². The van der Waals surface area contributed by atoms with Crippen molar-refractivity contribution in [2.24, 2.45) is 0 Å². The van der Waals surface area contributed by atoms with Crippen molar-refractivity contribution in [3.8, 4) is 5.75 Å². The Morgan fingerprint density at radius 2 is 1.88 bits per heavy atom. The molecule has 9 heteroatoms. The lowest BCUT2D eigenvalue weighted by atomic mass is 10.1. The lowest BCUT2D eigenvalue weighted by Gasteiger charge is -2.40. The number of carboxylic acid groups (broad SMARTS) is 1. The molecule has 1 fully saturated rings. The summed E-state index contributed by atoms with van der Waals surface area (Å²) in [5.74, 6) is -3.18. The van der Waals surface area contributed by atoms with E-state index in [0.717, 1.165) is 5.01 Å². The minimum Gasteiger partial charge on any atom is -0.508 e. The minimum atomic E-state index is -1.49. The van der Waals surface area contributed by atoms with Gasteiger partial charge in [0.1, 0.15) is 5.75 Å². The Bertz CT molecular complexity index is 660. The highest BCUT2D eigenvalue weighted by molar-refractivity contribution is 6.35. The summed E-state index contributed by atoms with van der Waals surface area (Å²) in [6, 6.07) is 3.72. The van der Waals surface area contributed by atoms with Gasteiger partial charge in [-0.1, -0.05) is 12.1 Å². The number of aromatic hydroxyl groups is 1. The van der Waals surface area contributed by atoms with Crippen molar-refractivity contribution in [3.63, 3.8) is 0 Å². The summed E-state index contributed by atoms with van der Waals surface area (Å²) in [6.45, 7) is 2.28. The van der Waals surface area contributed by atoms with Crippen LogP contribution in [0.4, 0.5) is 0 Å². The predicted octanol–water partition coefficient (Wildman–Crippen LogP) is -0.418. The van der Waals surface area contributed by atoms with E-state index in [1.54, 1.807) is 6.92 Å². The summed E-state index contributed by atoms with van der Waals surface area (Å²) >= 11 is 0. The predicted molar refractivity (Wildman–Crippen MR) is 80.4 cm³/mol. The van der Waals surface area contributed by atoms with Crippen LogP contribution in [0.3, 0.4) is 0 Å². The Kier molecular flexibility index (Phi) is 5.02. The molecule has 0 radical (unpaired) electrons. The zero-order valence-corrected chi connectivity index (χ0v) is 13.0. The quantitative estimate of drug-likeness (QED) is 0.538. The van der Waals surface area contributed by atoms with Gasteiger partial charge in [0, 0.05) is 13.1 Å². The monoisotopic (exact) mass is 335 g/mol. The Morgan fingerprint density at radius 1 is 1.25 bits per heavy atom. The fourth-order valence-electron chi connectivity index (χ4n) is 2.51. The second-order valence-corrected chi connectivity index (χ2v) is 5.13. The average molecular weight is 335 g/mol. The van der Waals surface area contributed by atoms with Gasteiger partial charge < -0.3 is 15.1 Å². The van der Waals surface area contributed by atoms with Crippen LogP contribution in [-0.4, -0.2) is 69.0 Å². The van der Waals surface area contributed by atoms with E-state index in [0.29, 0.717) is 11.6 Å². The molecule has 1 aliphatic rings. The molecule has 128 valence electrons. The van der Waals surface area contributed by atoms with Crippen LogP contribution in [0.5, 0.6) is 5.75 Å². The highest BCUT2D eigenvalue weighted by Crippen LogP contribution is 2.25. The number of rotatable bonds is 6. The van der Waals surface area contributed by atoms with Gasteiger partial charge >= 0.3 is 17.8 Å². The molecular formula is C15H17N3O6. The third kappa shape index (κ3) is 3.14. The van der Waals surface area contributed by atoms with Crippen molar-refractivity contribution in [2.45, 2.75) is 13.0 Å². The van der Waals surface area contributed by atoms with Gasteiger partial charge in [0.2, 0.25) is 6.41 Å². The Hall–Kier alpha value is -3.10. The maximum Gasteiger partial charge on any atom is 0.333 e. The van der Waals surface area contributed by atoms with Gasteiger partial charge in [-0.05, 0) is 24.6 Å². The summed E-state index contributed by atoms with van der Waals surface area (Å²) in [5.41, 5.74) is 0.186. The van der Waals surface area contributed by atoms with E-state index >= 15 is 0 Å². The number of hydrogen-bond donors (Lipinski definition) is 2. The van der Waals surface area contributed by atoms with E-state index in [2.05, 4.69) is 0 Å². The van der Waals surface area contributed by atoms with Crippen LogP contribution in [-0.2, 0) is 19.2 Å². The number of carbonyl (C=O) groups excluding carboxylic acids is 3. The molecule has 1 aromatic carbocycles. The van der Waals surface area contributed by atoms with Crippen molar-refractivity contribution in [3.05, 3.63) is 29.8 Å². The van der Waals surface area contributed by atoms with E-state index in [4.69, 9.17) is 0 Å². The van der Waals surface area contributed by atoms with Gasteiger partial charge in [-0.2, -0.15) is 0 Å². The van der Waals surface area contributed by atoms with E-state index in [1.807, 2.05) is 0 Å². The van der Waals surface area contributed by atoms with Crippen LogP contribution >= 0.6 is 0 Å². The van der Waals surface area contributed by atoms with Crippen LogP contribution < -0.4 is 0 Å². The largest absolute Gasteiger partial charge is 0.508 e. The maximum absolute atomic E-state index is 12.2. The number of hydrogen-bond acceptors (Lipinski definition) is 5. The third-order valence-electron chi connectivity index (χ3n) is 3.76. The molecule has 3 amide bonds. The molecule has 0 spiro atoms. The van der Waals surface area contributed by atoms with Gasteiger partial charge in [-0.3, -0.25) is 14.4 Å². The second-order valence-electron chi connectivity index (χ2n) is 5.13. The average Bonchev–Trinajstić information content (AvgIpc) is 2.56. The van der Waals surface area contributed by atoms with Gasteiger partial charge in [0.05, 0.1) is 6.54 Å². The van der Waals surface area contributed by atoms with Crippen LogP contribution in [0.15, 0.2) is 24.3 Å². The Balaban J connectivity index is 2.35. The molecule has 9 nitrogen and oxygen atoms in total. The normalized spacial score (nSPS) is 16.0. The molecule has 1 atom stereocenters. The number of aliphatic carboxylic acids is 1. The number of carbonyl (C=O) groups is 4. The highest BCUT2D eigenvalue weighted by atomic mass is 16.4. The summed E-state index contributed by atoms with van der Waals surface area (Å²) in [5, 5.41) is 20.3. The Morgan fingerprint density at radius 3 is 2.38 bits per heavy atom. The first-order valence-electron chi connectivity index (χ1n) is 7.26. The Labute approximate surface area is 137 Å². The van der Waals surface area contributed by atoms with E-state index in [-0.39, 0.29) is 30.8 Å². The molecule has 0 aliphatic carbocycles. The molecule has 24 heavy (non-hydrogen) atoms. The highest BCUT2D eigenvalue weighted by Gasteiger charge is 2.39. The van der Waals surface area contributed by atoms with Crippen LogP contribution in [0.25, 0.3) is 0 Å². The molecule has 1 aromatic rings. The third-order valence-corrected chi connectivity index (χ3v) is 3.76. The smallest absolute Gasteiger partial charge is 0.333 e. The number of hydrazine groups is 1. The number of piperazine rings is 1. The van der Waals surface area contributed by atoms with E-state index in [9.17, 15) is 29.4 Å². The zero-order valence-electron chi connectivity index (χ0n) is 13.0. The number of nitrogens with zero attached hydrogens (tertiary/aromatic N) is 3. The fraction of sp³-hybridized carbons (Fsp3) is 0.333. The first-order valence-corrected chi connectivity index (χ1v) is 7.26. The van der Waals surface area contributed by atoms with Crippen molar-refractivity contribution in [1.82, 2.24) is 14.9 Å². The standard InChI is InChI=1S/C15H17N3O6/c1-2-16-7-8-17(14(22)13(16)21)18(9-19)12(15(23)24)10-3-5-11(20)6-4-10/h3-6,9,12,20H,2,7-8H2,1H3,(H,23,24). The molecule has 1 unspecified atom stereocenters. The summed E-state index contributed by atoms with van der Waals surface area (Å²) in [7, 11) is 0. The summed E-state index contributed by atoms with van der Waals surface area (Å²) in [6.07, 6.45) is 0.207. The van der Waals surface area contributed by atoms with E-state index in [1.165, 1.54) is 29.2 Å². The lowest BCUT2D eigenvalue weighted by Crippen LogP contribution is -2.60. The molecule has 2 N–H and O–H groups in total. The molecule has 2 rings (SSSR count). The summed E-state index contributed by atoms with van der Waals surface area (Å²) in [4.78, 5) is 48.6. The van der Waals surface area contributed by atoms with Gasteiger partial charge in [-0.25, -0.2) is 14.8 Å². The van der Waals surface area contributed by atoms with Crippen molar-refractivity contribution in [1.29, 1.82) is 0 Å². The maximum atomic E-state index is 12.2. The van der Waals surface area contributed by atoms with Crippen molar-refractivity contribution < 1.29 is 29.4 Å². The van der Waals surface area contributed by atoms with Gasteiger partial charge in [-0.15, -0.1) is 0 Å². The lowest BCUT2D eigenvalue weighted by molar-refractivity contribution is -0.180. The molecule has 0 saturated carbocycles. The topological polar surface area (TPSA) is 118 Å². The number of likely N-dealkylation sites (N-methyl/N-ethyl adjacent to an activating group) is 1. The molecule has 1 aliphatic heterocycles. The first-order chi connectivity index (χ1) is 11.4. The number of phenolic OH excluding ortho intramolecular Hbond substituents is 1. The SMILES string of the molecule is CCN1CCN(N(C=O)C(C(=O)O)c2ccc(O)cc2)C(=O)C1=O. The van der Waals surface area contributed by atoms with Gasteiger partial charge in [0.25, 0.3) is 0 Å². The molecule has 0 aromatic heterocycles. The van der Waals surface area contributed by atoms with Crippen LogP contribution in [0.1, 0.15) is 18.5 Å². The second kappa shape index (κ2) is 6.99. The van der Waals surface area contributed by atoms with Crippen LogP contribution in [0.2, 0.25) is 0 Å². The molecule has 0 bridgehead atoms. The number of amides is 3.